The van der Waals surface area contributed by atoms with Crippen LogP contribution in [0.1, 0.15) is 18.4 Å². The first-order valence-electron chi connectivity index (χ1n) is 6.34. The van der Waals surface area contributed by atoms with E-state index in [1.165, 1.54) is 0 Å². The van der Waals surface area contributed by atoms with Crippen molar-refractivity contribution in [3.8, 4) is 0 Å². The lowest BCUT2D eigenvalue weighted by Crippen LogP contribution is -2.44. The first kappa shape index (κ1) is 12.9. The molecule has 1 atom stereocenters. The van der Waals surface area contributed by atoms with Gasteiger partial charge in [0, 0.05) is 31.9 Å². The van der Waals surface area contributed by atoms with Crippen molar-refractivity contribution in [1.29, 1.82) is 0 Å². The van der Waals surface area contributed by atoms with Gasteiger partial charge < -0.3 is 14.9 Å². The van der Waals surface area contributed by atoms with E-state index < -0.39 is 11.9 Å². The van der Waals surface area contributed by atoms with Crippen LogP contribution in [0.2, 0.25) is 0 Å². The zero-order valence-electron chi connectivity index (χ0n) is 11.0. The fourth-order valence-corrected chi connectivity index (χ4v) is 2.20. The molecule has 1 saturated heterocycles. The lowest BCUT2D eigenvalue weighted by Gasteiger charge is -2.34. The quantitative estimate of drug-likeness (QED) is 0.883. The molecule has 4 heteroatoms. The number of likely N-dealkylation sites (N-methyl/N-ethyl adjacent to an activating group) is 1. The van der Waals surface area contributed by atoms with Crippen LogP contribution in [0.4, 0.5) is 5.69 Å². The highest BCUT2D eigenvalue weighted by atomic mass is 16.4. The molecule has 98 valence electrons. The Bertz CT molecular complexity index is 426. The number of carboxylic acid groups (broad SMARTS) is 1. The summed E-state index contributed by atoms with van der Waals surface area (Å²) in [7, 11) is 2.13. The lowest BCUT2D eigenvalue weighted by atomic mass is 10.0. The number of carbonyl (C=O) groups is 1. The number of aliphatic carboxylic acids is 1. The van der Waals surface area contributed by atoms with Gasteiger partial charge in [-0.15, -0.1) is 0 Å². The fraction of sp³-hybridized carbons (Fsp3) is 0.500. The Morgan fingerprint density at radius 1 is 1.28 bits per heavy atom. The van der Waals surface area contributed by atoms with Crippen LogP contribution in [0.3, 0.4) is 0 Å². The van der Waals surface area contributed by atoms with Gasteiger partial charge in [-0.25, -0.2) is 0 Å². The standard InChI is InChI=1S/C14H20N2O2/c1-11(14(17)18)12-4-3-5-13(10-12)16-8-6-15(2)7-9-16/h3-5,10-11H,6-9H2,1-2H3,(H,17,18). The number of hydrogen-bond acceptors (Lipinski definition) is 3. The van der Waals surface area contributed by atoms with E-state index in [1.54, 1.807) is 6.92 Å². The van der Waals surface area contributed by atoms with E-state index in [0.717, 1.165) is 37.4 Å². The Morgan fingerprint density at radius 2 is 1.94 bits per heavy atom. The monoisotopic (exact) mass is 248 g/mol. The van der Waals surface area contributed by atoms with Gasteiger partial charge in [-0.05, 0) is 31.7 Å². The second-order valence-corrected chi connectivity index (χ2v) is 4.95. The Balaban J connectivity index is 2.14. The first-order valence-corrected chi connectivity index (χ1v) is 6.34. The van der Waals surface area contributed by atoms with Crippen LogP contribution in [0.5, 0.6) is 0 Å². The molecule has 18 heavy (non-hydrogen) atoms. The van der Waals surface area contributed by atoms with Crippen molar-refractivity contribution in [2.45, 2.75) is 12.8 Å². The molecule has 4 nitrogen and oxygen atoms in total. The highest BCUT2D eigenvalue weighted by molar-refractivity contribution is 5.76. The molecule has 1 aromatic carbocycles. The summed E-state index contributed by atoms with van der Waals surface area (Å²) in [4.78, 5) is 15.6. The summed E-state index contributed by atoms with van der Waals surface area (Å²) in [5, 5.41) is 9.05. The smallest absolute Gasteiger partial charge is 0.310 e. The van der Waals surface area contributed by atoms with Crippen LogP contribution >= 0.6 is 0 Å². The predicted molar refractivity (Wildman–Crippen MR) is 72.2 cm³/mol. The van der Waals surface area contributed by atoms with Crippen LogP contribution in [0.25, 0.3) is 0 Å². The minimum Gasteiger partial charge on any atom is -0.481 e. The molecule has 0 spiro atoms. The van der Waals surface area contributed by atoms with Crippen LogP contribution < -0.4 is 4.90 Å². The van der Waals surface area contributed by atoms with Gasteiger partial charge in [0.25, 0.3) is 0 Å². The minimum atomic E-state index is -0.773. The molecule has 1 heterocycles. The molecule has 0 aliphatic carbocycles. The molecule has 0 radical (unpaired) electrons. The highest BCUT2D eigenvalue weighted by Gasteiger charge is 2.17. The third kappa shape index (κ3) is 2.82. The van der Waals surface area contributed by atoms with Crippen molar-refractivity contribution in [3.63, 3.8) is 0 Å². The van der Waals surface area contributed by atoms with Gasteiger partial charge in [0.2, 0.25) is 0 Å². The highest BCUT2D eigenvalue weighted by Crippen LogP contribution is 2.23. The topological polar surface area (TPSA) is 43.8 Å². The normalized spacial score (nSPS) is 18.7. The number of hydrogen-bond donors (Lipinski definition) is 1. The number of rotatable bonds is 3. The number of benzene rings is 1. The summed E-state index contributed by atoms with van der Waals surface area (Å²) in [5.41, 5.74) is 2.01. The fourth-order valence-electron chi connectivity index (χ4n) is 2.20. The van der Waals surface area contributed by atoms with Crippen LogP contribution in [0.15, 0.2) is 24.3 Å². The zero-order valence-corrected chi connectivity index (χ0v) is 11.0. The second-order valence-electron chi connectivity index (χ2n) is 4.95. The molecule has 1 aliphatic heterocycles. The van der Waals surface area contributed by atoms with Gasteiger partial charge >= 0.3 is 5.97 Å². The Morgan fingerprint density at radius 3 is 2.56 bits per heavy atom. The predicted octanol–water partition coefficient (Wildman–Crippen LogP) is 1.63. The van der Waals surface area contributed by atoms with Gasteiger partial charge in [0.15, 0.2) is 0 Å². The van der Waals surface area contributed by atoms with Gasteiger partial charge in [0.05, 0.1) is 5.92 Å². The minimum absolute atomic E-state index is 0.447. The van der Waals surface area contributed by atoms with Crippen molar-refractivity contribution >= 4 is 11.7 Å². The molecule has 0 saturated carbocycles. The van der Waals surface area contributed by atoms with Crippen LogP contribution in [-0.2, 0) is 4.79 Å². The van der Waals surface area contributed by atoms with Crippen molar-refractivity contribution in [3.05, 3.63) is 29.8 Å². The van der Waals surface area contributed by atoms with Crippen LogP contribution in [0, 0.1) is 0 Å². The Labute approximate surface area is 108 Å². The molecule has 1 N–H and O–H groups in total. The molecule has 1 aliphatic rings. The summed E-state index contributed by atoms with van der Waals surface area (Å²) >= 11 is 0. The van der Waals surface area contributed by atoms with E-state index in [4.69, 9.17) is 5.11 Å². The van der Waals surface area contributed by atoms with Crippen molar-refractivity contribution in [1.82, 2.24) is 4.90 Å². The van der Waals surface area contributed by atoms with Crippen molar-refractivity contribution in [2.24, 2.45) is 0 Å². The second kappa shape index (κ2) is 5.40. The largest absolute Gasteiger partial charge is 0.481 e. The van der Waals surface area contributed by atoms with Crippen LogP contribution in [-0.4, -0.2) is 49.2 Å². The molecular formula is C14H20N2O2. The Hall–Kier alpha value is -1.55. The molecule has 1 aromatic rings. The van der Waals surface area contributed by atoms with Gasteiger partial charge in [-0.1, -0.05) is 12.1 Å². The number of carboxylic acids is 1. The van der Waals surface area contributed by atoms with E-state index in [2.05, 4.69) is 22.9 Å². The average molecular weight is 248 g/mol. The summed E-state index contributed by atoms with van der Waals surface area (Å²) in [5.74, 6) is -1.22. The van der Waals surface area contributed by atoms with Crippen molar-refractivity contribution in [2.75, 3.05) is 38.1 Å². The van der Waals surface area contributed by atoms with E-state index in [-0.39, 0.29) is 0 Å². The third-order valence-electron chi connectivity index (χ3n) is 3.61. The average Bonchev–Trinajstić information content (AvgIpc) is 2.38. The molecule has 1 fully saturated rings. The molecule has 2 rings (SSSR count). The summed E-state index contributed by atoms with van der Waals surface area (Å²) in [6.45, 7) is 5.84. The number of piperazine rings is 1. The zero-order chi connectivity index (χ0) is 13.1. The first-order chi connectivity index (χ1) is 8.58. The van der Waals surface area contributed by atoms with E-state index in [9.17, 15) is 4.79 Å². The maximum atomic E-state index is 11.0. The maximum absolute atomic E-state index is 11.0. The molecule has 0 bridgehead atoms. The maximum Gasteiger partial charge on any atom is 0.310 e. The summed E-state index contributed by atoms with van der Waals surface area (Å²) < 4.78 is 0. The number of anilines is 1. The van der Waals surface area contributed by atoms with E-state index in [1.807, 2.05) is 18.2 Å². The molecule has 1 unspecified atom stereocenters. The lowest BCUT2D eigenvalue weighted by molar-refractivity contribution is -0.138. The van der Waals surface area contributed by atoms with E-state index in [0.29, 0.717) is 0 Å². The summed E-state index contributed by atoms with van der Waals surface area (Å²) in [6, 6.07) is 7.90. The number of nitrogens with zero attached hydrogens (tertiary/aromatic N) is 2. The molecular weight excluding hydrogens is 228 g/mol. The van der Waals surface area contributed by atoms with Gasteiger partial charge in [-0.2, -0.15) is 0 Å². The molecule has 0 amide bonds. The van der Waals surface area contributed by atoms with Crippen molar-refractivity contribution < 1.29 is 9.90 Å². The van der Waals surface area contributed by atoms with E-state index >= 15 is 0 Å². The third-order valence-corrected chi connectivity index (χ3v) is 3.61. The Kier molecular flexibility index (Phi) is 3.87. The SMILES string of the molecule is CC(C(=O)O)c1cccc(N2CCN(C)CC2)c1. The summed E-state index contributed by atoms with van der Waals surface area (Å²) in [6.07, 6.45) is 0. The van der Waals surface area contributed by atoms with Gasteiger partial charge in [0.1, 0.15) is 0 Å². The van der Waals surface area contributed by atoms with Gasteiger partial charge in [-0.3, -0.25) is 4.79 Å². The molecule has 0 aromatic heterocycles.